The van der Waals surface area contributed by atoms with Crippen LogP contribution in [0.2, 0.25) is 0 Å². The lowest BCUT2D eigenvalue weighted by Crippen LogP contribution is -2.08. The van der Waals surface area contributed by atoms with E-state index in [1.54, 1.807) is 12.3 Å². The molecule has 1 saturated carbocycles. The van der Waals surface area contributed by atoms with Crippen molar-refractivity contribution in [2.24, 2.45) is 5.92 Å². The van der Waals surface area contributed by atoms with Gasteiger partial charge in [-0.2, -0.15) is 5.10 Å². The van der Waals surface area contributed by atoms with E-state index < -0.39 is 5.97 Å². The van der Waals surface area contributed by atoms with Crippen molar-refractivity contribution < 1.29 is 9.90 Å². The predicted octanol–water partition coefficient (Wildman–Crippen LogP) is 5.94. The summed E-state index contributed by atoms with van der Waals surface area (Å²) in [5.41, 5.74) is 2.92. The number of aromatic nitrogens is 4. The number of aryl methyl sites for hydroxylation is 2. The Kier molecular flexibility index (Phi) is 7.87. The van der Waals surface area contributed by atoms with Crippen LogP contribution in [-0.4, -0.2) is 30.8 Å². The summed E-state index contributed by atoms with van der Waals surface area (Å²) in [5.74, 6) is 1.87. The van der Waals surface area contributed by atoms with Gasteiger partial charge in [0.05, 0.1) is 5.56 Å². The smallest absolute Gasteiger partial charge is 0.337 e. The Balaban J connectivity index is 1.48. The standard InChI is InChI=1S/C27H34N4O2/c1-2-3-17-31-26(29-25(30-31)14-11-20-7-5-4-6-8-20)18-21-9-12-22(13-10-21)23-15-16-28-19-24(23)27(32)33/h9-10,12-13,15-16,19-20H,2-8,11,14,17-18H2,1H3,(H,32,33). The topological polar surface area (TPSA) is 80.9 Å². The predicted molar refractivity (Wildman–Crippen MR) is 129 cm³/mol. The van der Waals surface area contributed by atoms with Crippen molar-refractivity contribution in [3.8, 4) is 11.1 Å². The maximum atomic E-state index is 11.5. The molecule has 0 atom stereocenters. The van der Waals surface area contributed by atoms with E-state index in [0.29, 0.717) is 5.56 Å². The fourth-order valence-corrected chi connectivity index (χ4v) is 4.76. The number of aromatic carboxylic acids is 1. The minimum Gasteiger partial charge on any atom is -0.478 e. The molecule has 1 fully saturated rings. The summed E-state index contributed by atoms with van der Waals surface area (Å²) in [4.78, 5) is 20.4. The number of rotatable bonds is 10. The fourth-order valence-electron chi connectivity index (χ4n) is 4.76. The number of hydrogen-bond donors (Lipinski definition) is 1. The molecule has 0 bridgehead atoms. The first-order chi connectivity index (χ1) is 16.1. The van der Waals surface area contributed by atoms with Crippen LogP contribution in [0.5, 0.6) is 0 Å². The van der Waals surface area contributed by atoms with Crippen LogP contribution in [0, 0.1) is 5.92 Å². The highest BCUT2D eigenvalue weighted by Gasteiger charge is 2.17. The molecule has 0 spiro atoms. The molecule has 4 rings (SSSR count). The SMILES string of the molecule is CCCCn1nc(CCC2CCCCC2)nc1Cc1ccc(-c2ccncc2C(=O)O)cc1. The largest absolute Gasteiger partial charge is 0.478 e. The number of unbranched alkanes of at least 4 members (excludes halogenated alkanes) is 1. The highest BCUT2D eigenvalue weighted by atomic mass is 16.4. The van der Waals surface area contributed by atoms with Crippen molar-refractivity contribution in [1.82, 2.24) is 19.7 Å². The van der Waals surface area contributed by atoms with Crippen LogP contribution in [0.25, 0.3) is 11.1 Å². The maximum Gasteiger partial charge on any atom is 0.337 e. The summed E-state index contributed by atoms with van der Waals surface area (Å²) in [5, 5.41) is 14.3. The fraction of sp³-hybridized carbons (Fsp3) is 0.481. The minimum atomic E-state index is -0.966. The van der Waals surface area contributed by atoms with Crippen LogP contribution in [0.4, 0.5) is 0 Å². The number of hydrogen-bond acceptors (Lipinski definition) is 4. The van der Waals surface area contributed by atoms with Gasteiger partial charge < -0.3 is 5.11 Å². The average molecular weight is 447 g/mol. The van der Waals surface area contributed by atoms with E-state index in [9.17, 15) is 9.90 Å². The van der Waals surface area contributed by atoms with Crippen LogP contribution in [-0.2, 0) is 19.4 Å². The highest BCUT2D eigenvalue weighted by molar-refractivity contribution is 5.95. The zero-order valence-corrected chi connectivity index (χ0v) is 19.5. The van der Waals surface area contributed by atoms with Crippen molar-refractivity contribution in [3.63, 3.8) is 0 Å². The first-order valence-electron chi connectivity index (χ1n) is 12.3. The lowest BCUT2D eigenvalue weighted by Gasteiger charge is -2.20. The number of benzene rings is 1. The monoisotopic (exact) mass is 446 g/mol. The number of pyridine rings is 1. The molecule has 0 aliphatic heterocycles. The molecule has 33 heavy (non-hydrogen) atoms. The Hall–Kier alpha value is -3.02. The first-order valence-corrected chi connectivity index (χ1v) is 12.3. The van der Waals surface area contributed by atoms with Gasteiger partial charge in [0.15, 0.2) is 5.82 Å². The summed E-state index contributed by atoms with van der Waals surface area (Å²) >= 11 is 0. The van der Waals surface area contributed by atoms with E-state index in [0.717, 1.165) is 60.9 Å². The van der Waals surface area contributed by atoms with Gasteiger partial charge in [0.25, 0.3) is 0 Å². The summed E-state index contributed by atoms with van der Waals surface area (Å²) in [6.07, 6.45) is 15.0. The third kappa shape index (κ3) is 6.06. The molecule has 1 aliphatic rings. The number of carboxylic acids is 1. The maximum absolute atomic E-state index is 11.5. The molecule has 6 heteroatoms. The average Bonchev–Trinajstić information content (AvgIpc) is 3.24. The molecule has 0 unspecified atom stereocenters. The van der Waals surface area contributed by atoms with Crippen molar-refractivity contribution in [2.45, 2.75) is 77.7 Å². The molecule has 1 aliphatic carbocycles. The van der Waals surface area contributed by atoms with Gasteiger partial charge in [0, 0.05) is 31.8 Å². The van der Waals surface area contributed by atoms with Crippen LogP contribution < -0.4 is 0 Å². The Morgan fingerprint density at radius 3 is 2.64 bits per heavy atom. The summed E-state index contributed by atoms with van der Waals surface area (Å²) in [6, 6.07) is 9.82. The van der Waals surface area contributed by atoms with Crippen molar-refractivity contribution in [3.05, 3.63) is 65.5 Å². The molecule has 2 heterocycles. The molecule has 6 nitrogen and oxygen atoms in total. The van der Waals surface area contributed by atoms with Gasteiger partial charge in [-0.25, -0.2) is 14.5 Å². The Bertz CT molecular complexity index is 1050. The molecule has 3 aromatic rings. The zero-order chi connectivity index (χ0) is 23.0. The lowest BCUT2D eigenvalue weighted by molar-refractivity contribution is 0.0697. The van der Waals surface area contributed by atoms with Crippen LogP contribution in [0.1, 0.15) is 85.9 Å². The molecule has 1 N–H and O–H groups in total. The van der Waals surface area contributed by atoms with E-state index in [2.05, 4.69) is 28.7 Å². The van der Waals surface area contributed by atoms with E-state index in [1.807, 2.05) is 12.1 Å². The third-order valence-corrected chi connectivity index (χ3v) is 6.70. The summed E-state index contributed by atoms with van der Waals surface area (Å²) in [7, 11) is 0. The van der Waals surface area contributed by atoms with Crippen molar-refractivity contribution >= 4 is 5.97 Å². The van der Waals surface area contributed by atoms with Crippen LogP contribution in [0.15, 0.2) is 42.7 Å². The van der Waals surface area contributed by atoms with Crippen LogP contribution in [0.3, 0.4) is 0 Å². The molecule has 0 radical (unpaired) electrons. The van der Waals surface area contributed by atoms with Gasteiger partial charge in [0.1, 0.15) is 5.82 Å². The van der Waals surface area contributed by atoms with Gasteiger partial charge >= 0.3 is 5.97 Å². The molecule has 174 valence electrons. The molecule has 0 amide bonds. The van der Waals surface area contributed by atoms with E-state index in [-0.39, 0.29) is 5.56 Å². The zero-order valence-electron chi connectivity index (χ0n) is 19.5. The first kappa shape index (κ1) is 23.1. The molecular weight excluding hydrogens is 412 g/mol. The lowest BCUT2D eigenvalue weighted by atomic mass is 9.86. The number of nitrogens with zero attached hydrogens (tertiary/aromatic N) is 4. The second-order valence-corrected chi connectivity index (χ2v) is 9.16. The van der Waals surface area contributed by atoms with Gasteiger partial charge in [0.2, 0.25) is 0 Å². The number of carbonyl (C=O) groups is 1. The Labute approximate surface area is 196 Å². The van der Waals surface area contributed by atoms with E-state index in [1.165, 1.54) is 44.7 Å². The van der Waals surface area contributed by atoms with Gasteiger partial charge in [-0.1, -0.05) is 69.7 Å². The molecular formula is C27H34N4O2. The third-order valence-electron chi connectivity index (χ3n) is 6.70. The Morgan fingerprint density at radius 2 is 1.91 bits per heavy atom. The molecule has 2 aromatic heterocycles. The Morgan fingerprint density at radius 1 is 1.12 bits per heavy atom. The quantitative estimate of drug-likeness (QED) is 0.417. The van der Waals surface area contributed by atoms with Gasteiger partial charge in [-0.3, -0.25) is 4.98 Å². The van der Waals surface area contributed by atoms with E-state index >= 15 is 0 Å². The van der Waals surface area contributed by atoms with Gasteiger partial charge in [-0.15, -0.1) is 0 Å². The minimum absolute atomic E-state index is 0.215. The number of carboxylic acid groups (broad SMARTS) is 1. The molecule has 1 aromatic carbocycles. The summed E-state index contributed by atoms with van der Waals surface area (Å²) in [6.45, 7) is 3.10. The summed E-state index contributed by atoms with van der Waals surface area (Å²) < 4.78 is 2.10. The normalized spacial score (nSPS) is 14.5. The second-order valence-electron chi connectivity index (χ2n) is 9.16. The molecule has 0 saturated heterocycles. The van der Waals surface area contributed by atoms with Crippen LogP contribution >= 0.6 is 0 Å². The van der Waals surface area contributed by atoms with E-state index in [4.69, 9.17) is 10.1 Å². The second kappa shape index (κ2) is 11.2. The van der Waals surface area contributed by atoms with Crippen molar-refractivity contribution in [2.75, 3.05) is 0 Å². The van der Waals surface area contributed by atoms with Gasteiger partial charge in [-0.05, 0) is 41.5 Å². The highest BCUT2D eigenvalue weighted by Crippen LogP contribution is 2.27. The van der Waals surface area contributed by atoms with Crippen molar-refractivity contribution in [1.29, 1.82) is 0 Å².